The van der Waals surface area contributed by atoms with E-state index in [0.717, 1.165) is 25.4 Å². The first-order chi connectivity index (χ1) is 10.2. The number of unbranched alkanes of at least 4 members (excludes halogenated alkanes) is 1. The van der Waals surface area contributed by atoms with Gasteiger partial charge in [0, 0.05) is 30.9 Å². The molecule has 4 heteroatoms. The number of rotatable bonds is 8. The molecule has 1 fully saturated rings. The van der Waals surface area contributed by atoms with Gasteiger partial charge in [-0.25, -0.2) is 4.98 Å². The number of nitrogens with one attached hydrogen (secondary N) is 1. The van der Waals surface area contributed by atoms with Crippen LogP contribution in [0.5, 0.6) is 0 Å². The number of thiazole rings is 1. The summed E-state index contributed by atoms with van der Waals surface area (Å²) >= 11 is 1.91. The minimum absolute atomic E-state index is 0.870. The molecule has 0 bridgehead atoms. The van der Waals surface area contributed by atoms with Gasteiger partial charge in [-0.2, -0.15) is 0 Å². The Balaban J connectivity index is 1.75. The largest absolute Gasteiger partial charge is 0.312 e. The number of piperidine rings is 1. The zero-order valence-corrected chi connectivity index (χ0v) is 14.8. The Morgan fingerprint density at radius 3 is 3.05 bits per heavy atom. The molecule has 3 nitrogen and oxygen atoms in total. The summed E-state index contributed by atoms with van der Waals surface area (Å²) in [6.07, 6.45) is 6.41. The topological polar surface area (TPSA) is 28.2 Å². The predicted molar refractivity (Wildman–Crippen MR) is 92.0 cm³/mol. The maximum absolute atomic E-state index is 4.76. The van der Waals surface area contributed by atoms with Gasteiger partial charge < -0.3 is 10.2 Å². The molecule has 2 heterocycles. The first kappa shape index (κ1) is 16.9. The summed E-state index contributed by atoms with van der Waals surface area (Å²) < 4.78 is 0. The third kappa shape index (κ3) is 5.68. The highest BCUT2D eigenvalue weighted by atomic mass is 32.1. The lowest BCUT2D eigenvalue weighted by molar-refractivity contribution is 0.186. The van der Waals surface area contributed by atoms with E-state index in [9.17, 15) is 0 Å². The van der Waals surface area contributed by atoms with Crippen molar-refractivity contribution in [2.75, 3.05) is 26.2 Å². The van der Waals surface area contributed by atoms with E-state index in [2.05, 4.69) is 31.0 Å². The SMILES string of the molecule is CCCCNCc1sc(CCN2CCCC(C)C2)nc1C. The Morgan fingerprint density at radius 1 is 1.43 bits per heavy atom. The molecule has 0 aliphatic carbocycles. The van der Waals surface area contributed by atoms with Crippen molar-refractivity contribution >= 4 is 11.3 Å². The Morgan fingerprint density at radius 2 is 2.29 bits per heavy atom. The van der Waals surface area contributed by atoms with E-state index in [1.807, 2.05) is 11.3 Å². The summed E-state index contributed by atoms with van der Waals surface area (Å²) in [4.78, 5) is 8.80. The second-order valence-corrected chi connectivity index (χ2v) is 7.61. The molecule has 1 aromatic heterocycles. The zero-order valence-electron chi connectivity index (χ0n) is 14.0. The van der Waals surface area contributed by atoms with E-state index >= 15 is 0 Å². The highest BCUT2D eigenvalue weighted by Gasteiger charge is 2.16. The molecule has 1 unspecified atom stereocenters. The van der Waals surface area contributed by atoms with Gasteiger partial charge in [-0.05, 0) is 45.2 Å². The van der Waals surface area contributed by atoms with Crippen molar-refractivity contribution in [2.45, 2.75) is 59.4 Å². The molecule has 0 saturated carbocycles. The quantitative estimate of drug-likeness (QED) is 0.744. The number of hydrogen-bond acceptors (Lipinski definition) is 4. The minimum atomic E-state index is 0.870. The lowest BCUT2D eigenvalue weighted by Gasteiger charge is -2.30. The smallest absolute Gasteiger partial charge is 0.0944 e. The average molecular weight is 310 g/mol. The summed E-state index contributed by atoms with van der Waals surface area (Å²) in [5.74, 6) is 0.870. The maximum atomic E-state index is 4.76. The Hall–Kier alpha value is -0.450. The van der Waals surface area contributed by atoms with Crippen molar-refractivity contribution in [3.63, 3.8) is 0 Å². The number of aromatic nitrogens is 1. The lowest BCUT2D eigenvalue weighted by Crippen LogP contribution is -2.35. The van der Waals surface area contributed by atoms with Gasteiger partial charge in [-0.15, -0.1) is 11.3 Å². The summed E-state index contributed by atoms with van der Waals surface area (Å²) in [5.41, 5.74) is 1.23. The van der Waals surface area contributed by atoms with Gasteiger partial charge in [0.2, 0.25) is 0 Å². The highest BCUT2D eigenvalue weighted by molar-refractivity contribution is 7.11. The molecule has 1 aliphatic heterocycles. The second-order valence-electron chi connectivity index (χ2n) is 6.44. The molecule has 1 aromatic rings. The van der Waals surface area contributed by atoms with E-state index in [1.54, 1.807) is 0 Å². The number of nitrogens with zero attached hydrogens (tertiary/aromatic N) is 2. The van der Waals surface area contributed by atoms with Gasteiger partial charge >= 0.3 is 0 Å². The van der Waals surface area contributed by atoms with Crippen LogP contribution in [0.25, 0.3) is 0 Å². The van der Waals surface area contributed by atoms with Gasteiger partial charge in [0.05, 0.1) is 10.7 Å². The van der Waals surface area contributed by atoms with Crippen LogP contribution in [0.1, 0.15) is 55.1 Å². The van der Waals surface area contributed by atoms with Gasteiger partial charge in [0.1, 0.15) is 0 Å². The number of hydrogen-bond donors (Lipinski definition) is 1. The molecule has 21 heavy (non-hydrogen) atoms. The van der Waals surface area contributed by atoms with Crippen LogP contribution in [0.2, 0.25) is 0 Å². The summed E-state index contributed by atoms with van der Waals surface area (Å²) in [6.45, 7) is 12.6. The van der Waals surface area contributed by atoms with Crippen LogP contribution in [-0.2, 0) is 13.0 Å². The fraction of sp³-hybridized carbons (Fsp3) is 0.824. The van der Waals surface area contributed by atoms with Gasteiger partial charge in [0.15, 0.2) is 0 Å². The molecular weight excluding hydrogens is 278 g/mol. The molecule has 0 radical (unpaired) electrons. The second kappa shape index (κ2) is 8.86. The van der Waals surface area contributed by atoms with Crippen molar-refractivity contribution < 1.29 is 0 Å². The van der Waals surface area contributed by atoms with Crippen molar-refractivity contribution in [1.29, 1.82) is 0 Å². The average Bonchev–Trinajstić information content (AvgIpc) is 2.82. The molecule has 1 saturated heterocycles. The minimum Gasteiger partial charge on any atom is -0.312 e. The lowest BCUT2D eigenvalue weighted by atomic mass is 10.0. The van der Waals surface area contributed by atoms with Crippen molar-refractivity contribution in [2.24, 2.45) is 5.92 Å². The summed E-state index contributed by atoms with van der Waals surface area (Å²) in [5, 5.41) is 4.85. The molecular formula is C17H31N3S. The molecule has 0 spiro atoms. The highest BCUT2D eigenvalue weighted by Crippen LogP contribution is 2.20. The molecule has 1 aliphatic rings. The van der Waals surface area contributed by atoms with Crippen LogP contribution in [0.3, 0.4) is 0 Å². The van der Waals surface area contributed by atoms with Crippen LogP contribution in [0.15, 0.2) is 0 Å². The Labute approximate surface area is 134 Å². The molecule has 2 rings (SSSR count). The van der Waals surface area contributed by atoms with Crippen LogP contribution < -0.4 is 5.32 Å². The van der Waals surface area contributed by atoms with E-state index < -0.39 is 0 Å². The normalized spacial score (nSPS) is 20.0. The van der Waals surface area contributed by atoms with Crippen LogP contribution in [0, 0.1) is 12.8 Å². The molecule has 1 atom stereocenters. The van der Waals surface area contributed by atoms with E-state index in [1.165, 1.54) is 60.9 Å². The van der Waals surface area contributed by atoms with Crippen molar-refractivity contribution in [3.8, 4) is 0 Å². The predicted octanol–water partition coefficient (Wildman–Crippen LogP) is 3.62. The summed E-state index contributed by atoms with van der Waals surface area (Å²) in [6, 6.07) is 0. The number of aryl methyl sites for hydroxylation is 1. The van der Waals surface area contributed by atoms with Crippen molar-refractivity contribution in [3.05, 3.63) is 15.6 Å². The van der Waals surface area contributed by atoms with Crippen LogP contribution in [0.4, 0.5) is 0 Å². The Kier molecular flexibility index (Phi) is 7.14. The molecule has 1 N–H and O–H groups in total. The van der Waals surface area contributed by atoms with Crippen molar-refractivity contribution in [1.82, 2.24) is 15.2 Å². The standard InChI is InChI=1S/C17H31N3S/c1-4-5-9-18-12-16-15(3)19-17(21-16)8-11-20-10-6-7-14(2)13-20/h14,18H,4-13H2,1-3H3. The zero-order chi connectivity index (χ0) is 15.1. The maximum Gasteiger partial charge on any atom is 0.0944 e. The van der Waals surface area contributed by atoms with Gasteiger partial charge in [-0.1, -0.05) is 20.3 Å². The van der Waals surface area contributed by atoms with E-state index in [4.69, 9.17) is 4.98 Å². The van der Waals surface area contributed by atoms with E-state index in [-0.39, 0.29) is 0 Å². The Bertz CT molecular complexity index is 416. The van der Waals surface area contributed by atoms with Crippen LogP contribution in [-0.4, -0.2) is 36.1 Å². The van der Waals surface area contributed by atoms with Gasteiger partial charge in [-0.3, -0.25) is 0 Å². The third-order valence-electron chi connectivity index (χ3n) is 4.31. The first-order valence-corrected chi connectivity index (χ1v) is 9.39. The monoisotopic (exact) mass is 309 g/mol. The first-order valence-electron chi connectivity index (χ1n) is 8.57. The fourth-order valence-corrected chi connectivity index (χ4v) is 4.03. The van der Waals surface area contributed by atoms with Gasteiger partial charge in [0.25, 0.3) is 0 Å². The van der Waals surface area contributed by atoms with E-state index in [0.29, 0.717) is 0 Å². The van der Waals surface area contributed by atoms with Crippen LogP contribution >= 0.6 is 11.3 Å². The number of likely N-dealkylation sites (tertiary alicyclic amines) is 1. The fourth-order valence-electron chi connectivity index (χ4n) is 3.01. The summed E-state index contributed by atoms with van der Waals surface area (Å²) in [7, 11) is 0. The molecule has 120 valence electrons. The molecule has 0 aromatic carbocycles. The third-order valence-corrected chi connectivity index (χ3v) is 5.53. The molecule has 0 amide bonds.